The lowest BCUT2D eigenvalue weighted by atomic mass is 10.1. The van der Waals surface area contributed by atoms with Crippen LogP contribution >= 0.6 is 0 Å². The molecule has 0 radical (unpaired) electrons. The molecule has 22 heavy (non-hydrogen) atoms. The molecule has 0 spiro atoms. The Kier molecular flexibility index (Phi) is 3.95. The number of methoxy groups -OCH3 is 1. The fourth-order valence-corrected chi connectivity index (χ4v) is 2.09. The molecule has 0 fully saturated rings. The summed E-state index contributed by atoms with van der Waals surface area (Å²) in [5.74, 6) is 1.26. The molecule has 0 saturated heterocycles. The molecule has 0 aliphatic rings. The van der Waals surface area contributed by atoms with Gasteiger partial charge in [0.2, 0.25) is 5.88 Å². The van der Waals surface area contributed by atoms with E-state index in [0.717, 1.165) is 17.1 Å². The number of ether oxygens (including phenoxy) is 1. The van der Waals surface area contributed by atoms with Crippen molar-refractivity contribution in [2.45, 2.75) is 13.0 Å². The summed E-state index contributed by atoms with van der Waals surface area (Å²) < 4.78 is 6.81. The maximum atomic E-state index is 5.09. The highest BCUT2D eigenvalue weighted by atomic mass is 16.5. The van der Waals surface area contributed by atoms with E-state index in [1.165, 1.54) is 12.7 Å². The van der Waals surface area contributed by atoms with Gasteiger partial charge in [0, 0.05) is 12.1 Å². The zero-order chi connectivity index (χ0) is 15.4. The van der Waals surface area contributed by atoms with Gasteiger partial charge in [0.05, 0.1) is 12.8 Å². The minimum Gasteiger partial charge on any atom is -0.481 e. The van der Waals surface area contributed by atoms with Crippen LogP contribution in [0.1, 0.15) is 18.5 Å². The summed E-state index contributed by atoms with van der Waals surface area (Å²) in [6.07, 6.45) is 4.66. The molecule has 3 aromatic rings. The molecule has 0 aliphatic heterocycles. The van der Waals surface area contributed by atoms with Gasteiger partial charge in [0.25, 0.3) is 0 Å². The first-order chi connectivity index (χ1) is 10.8. The summed E-state index contributed by atoms with van der Waals surface area (Å²) in [7, 11) is 1.58. The van der Waals surface area contributed by atoms with Gasteiger partial charge >= 0.3 is 0 Å². The standard InChI is InChI=1S/C15H16N6O/c1-11(20-14-7-15(22-2)18-9-17-14)12-3-5-13(6-4-12)21-10-16-8-19-21/h3-11H,1-2H3,(H,17,18,20). The van der Waals surface area contributed by atoms with Crippen molar-refractivity contribution in [3.63, 3.8) is 0 Å². The van der Waals surface area contributed by atoms with E-state index in [-0.39, 0.29) is 6.04 Å². The second-order valence-electron chi connectivity index (χ2n) is 4.74. The van der Waals surface area contributed by atoms with Crippen LogP contribution in [0.15, 0.2) is 49.3 Å². The van der Waals surface area contributed by atoms with Crippen molar-refractivity contribution in [3.8, 4) is 11.6 Å². The van der Waals surface area contributed by atoms with Crippen molar-refractivity contribution in [1.82, 2.24) is 24.7 Å². The zero-order valence-corrected chi connectivity index (χ0v) is 12.3. The molecule has 0 amide bonds. The third kappa shape index (κ3) is 3.03. The van der Waals surface area contributed by atoms with Gasteiger partial charge in [-0.05, 0) is 24.6 Å². The highest BCUT2D eigenvalue weighted by Crippen LogP contribution is 2.20. The summed E-state index contributed by atoms with van der Waals surface area (Å²) in [5, 5.41) is 7.43. The Labute approximate surface area is 128 Å². The van der Waals surface area contributed by atoms with Crippen molar-refractivity contribution >= 4 is 5.82 Å². The number of aromatic nitrogens is 5. The molecule has 2 aromatic heterocycles. The molecule has 7 heteroatoms. The van der Waals surface area contributed by atoms with E-state index in [2.05, 4.69) is 32.3 Å². The Morgan fingerprint density at radius 1 is 1.14 bits per heavy atom. The Morgan fingerprint density at radius 2 is 1.95 bits per heavy atom. The number of nitrogens with zero attached hydrogens (tertiary/aromatic N) is 5. The largest absolute Gasteiger partial charge is 0.481 e. The molecule has 2 heterocycles. The number of rotatable bonds is 5. The fourth-order valence-electron chi connectivity index (χ4n) is 2.09. The van der Waals surface area contributed by atoms with Crippen LogP contribution in [-0.4, -0.2) is 31.8 Å². The average molecular weight is 296 g/mol. The van der Waals surface area contributed by atoms with Crippen LogP contribution in [0.5, 0.6) is 5.88 Å². The first-order valence-electron chi connectivity index (χ1n) is 6.84. The van der Waals surface area contributed by atoms with Crippen LogP contribution in [0.4, 0.5) is 5.82 Å². The molecule has 0 aliphatic carbocycles. The summed E-state index contributed by atoms with van der Waals surface area (Å²) in [6.45, 7) is 2.07. The molecular weight excluding hydrogens is 280 g/mol. The van der Waals surface area contributed by atoms with E-state index in [4.69, 9.17) is 4.74 Å². The summed E-state index contributed by atoms with van der Waals surface area (Å²) >= 11 is 0. The van der Waals surface area contributed by atoms with Gasteiger partial charge in [0.1, 0.15) is 24.8 Å². The van der Waals surface area contributed by atoms with Crippen LogP contribution in [0.3, 0.4) is 0 Å². The average Bonchev–Trinajstić information content (AvgIpc) is 3.09. The fraction of sp³-hybridized carbons (Fsp3) is 0.200. The van der Waals surface area contributed by atoms with Gasteiger partial charge in [0.15, 0.2) is 0 Å². The topological polar surface area (TPSA) is 77.8 Å². The van der Waals surface area contributed by atoms with Gasteiger partial charge in [-0.15, -0.1) is 0 Å². The van der Waals surface area contributed by atoms with E-state index in [1.54, 1.807) is 24.2 Å². The van der Waals surface area contributed by atoms with Crippen LogP contribution in [0, 0.1) is 0 Å². The van der Waals surface area contributed by atoms with E-state index >= 15 is 0 Å². The molecule has 3 rings (SSSR count). The number of anilines is 1. The Morgan fingerprint density at radius 3 is 2.64 bits per heavy atom. The second-order valence-corrected chi connectivity index (χ2v) is 4.74. The maximum absolute atomic E-state index is 5.09. The quantitative estimate of drug-likeness (QED) is 0.778. The van der Waals surface area contributed by atoms with Crippen molar-refractivity contribution < 1.29 is 4.74 Å². The first-order valence-corrected chi connectivity index (χ1v) is 6.84. The molecule has 1 N–H and O–H groups in total. The van der Waals surface area contributed by atoms with Crippen LogP contribution in [-0.2, 0) is 0 Å². The summed E-state index contributed by atoms with van der Waals surface area (Å²) in [5.41, 5.74) is 2.11. The smallest absolute Gasteiger partial charge is 0.218 e. The Bertz CT molecular complexity index is 726. The number of hydrogen-bond donors (Lipinski definition) is 1. The SMILES string of the molecule is COc1cc(NC(C)c2ccc(-n3cncn3)cc2)ncn1. The van der Waals surface area contributed by atoms with Gasteiger partial charge < -0.3 is 10.1 Å². The molecule has 0 saturated carbocycles. The van der Waals surface area contributed by atoms with E-state index in [0.29, 0.717) is 5.88 Å². The zero-order valence-electron chi connectivity index (χ0n) is 12.3. The van der Waals surface area contributed by atoms with Crippen molar-refractivity contribution in [2.24, 2.45) is 0 Å². The third-order valence-electron chi connectivity index (χ3n) is 3.29. The minimum atomic E-state index is 0.101. The monoisotopic (exact) mass is 296 g/mol. The number of hydrogen-bond acceptors (Lipinski definition) is 6. The Balaban J connectivity index is 1.73. The van der Waals surface area contributed by atoms with E-state index in [1.807, 2.05) is 24.3 Å². The first kappa shape index (κ1) is 14.0. The Hall–Kier alpha value is -2.96. The third-order valence-corrected chi connectivity index (χ3v) is 3.29. The van der Waals surface area contributed by atoms with Gasteiger partial charge in [-0.25, -0.2) is 19.6 Å². The highest BCUT2D eigenvalue weighted by Gasteiger charge is 2.07. The molecular formula is C15H16N6O. The summed E-state index contributed by atoms with van der Waals surface area (Å²) in [6, 6.07) is 9.97. The molecule has 1 unspecified atom stereocenters. The van der Waals surface area contributed by atoms with Crippen LogP contribution in [0.25, 0.3) is 5.69 Å². The number of nitrogens with one attached hydrogen (secondary N) is 1. The van der Waals surface area contributed by atoms with E-state index in [9.17, 15) is 0 Å². The van der Waals surface area contributed by atoms with Crippen molar-refractivity contribution in [3.05, 3.63) is 54.9 Å². The maximum Gasteiger partial charge on any atom is 0.218 e. The molecule has 1 aromatic carbocycles. The normalized spacial score (nSPS) is 11.9. The van der Waals surface area contributed by atoms with Crippen molar-refractivity contribution in [1.29, 1.82) is 0 Å². The molecule has 1 atom stereocenters. The predicted octanol–water partition coefficient (Wildman–Crippen LogP) is 2.24. The molecule has 0 bridgehead atoms. The predicted molar refractivity (Wildman–Crippen MR) is 82.0 cm³/mol. The lowest BCUT2D eigenvalue weighted by Crippen LogP contribution is -2.08. The van der Waals surface area contributed by atoms with Gasteiger partial charge in [-0.3, -0.25) is 0 Å². The summed E-state index contributed by atoms with van der Waals surface area (Å²) in [4.78, 5) is 12.1. The number of benzene rings is 1. The second kappa shape index (κ2) is 6.21. The molecule has 112 valence electrons. The minimum absolute atomic E-state index is 0.101. The van der Waals surface area contributed by atoms with Crippen molar-refractivity contribution in [2.75, 3.05) is 12.4 Å². The van der Waals surface area contributed by atoms with Gasteiger partial charge in [-0.1, -0.05) is 12.1 Å². The van der Waals surface area contributed by atoms with Crippen LogP contribution in [0.2, 0.25) is 0 Å². The van der Waals surface area contributed by atoms with Crippen LogP contribution < -0.4 is 10.1 Å². The lowest BCUT2D eigenvalue weighted by molar-refractivity contribution is 0.397. The lowest BCUT2D eigenvalue weighted by Gasteiger charge is -2.15. The van der Waals surface area contributed by atoms with Gasteiger partial charge in [-0.2, -0.15) is 5.10 Å². The molecule has 7 nitrogen and oxygen atoms in total. The van der Waals surface area contributed by atoms with E-state index < -0.39 is 0 Å². The highest BCUT2D eigenvalue weighted by molar-refractivity contribution is 5.42.